The average molecular weight is 338 g/mol. The Bertz CT molecular complexity index is 562. The van der Waals surface area contributed by atoms with E-state index in [4.69, 9.17) is 5.73 Å². The Hall–Kier alpha value is -1.42. The maximum Gasteiger partial charge on any atom is 0.218 e. The van der Waals surface area contributed by atoms with Gasteiger partial charge in [0.05, 0.1) is 0 Å². The topological polar surface area (TPSA) is 43.1 Å². The van der Waals surface area contributed by atoms with Gasteiger partial charge in [-0.3, -0.25) is 4.79 Å². The van der Waals surface area contributed by atoms with E-state index in [9.17, 15) is 9.18 Å². The Labute approximate surface area is 126 Å². The normalized spacial score (nSPS) is 20.1. The second kappa shape index (κ2) is 6.35. The number of carbonyl (C=O) groups is 1. The predicted octanol–water partition coefficient (Wildman–Crippen LogP) is 4.03. The first-order valence-corrected chi connectivity index (χ1v) is 7.36. The standard InChI is InChI=1S/C16H17BrFNO/c1-10-8-12(4-7-15(10)17)14(9-16(19)20)11-2-5-13(18)6-3-11/h2-7,10,14H,8-9H2,1H3,(H2,19,20)/t10?,14-/m1/s1. The van der Waals surface area contributed by atoms with Crippen molar-refractivity contribution < 1.29 is 9.18 Å². The van der Waals surface area contributed by atoms with Crippen LogP contribution in [0, 0.1) is 11.7 Å². The fourth-order valence-electron chi connectivity index (χ4n) is 2.49. The van der Waals surface area contributed by atoms with E-state index in [2.05, 4.69) is 22.9 Å². The van der Waals surface area contributed by atoms with Gasteiger partial charge in [-0.25, -0.2) is 4.39 Å². The Balaban J connectivity index is 2.33. The van der Waals surface area contributed by atoms with Gasteiger partial charge < -0.3 is 5.73 Å². The van der Waals surface area contributed by atoms with Crippen LogP contribution < -0.4 is 5.73 Å². The van der Waals surface area contributed by atoms with E-state index in [0.29, 0.717) is 5.92 Å². The van der Waals surface area contributed by atoms with Crippen LogP contribution in [0.1, 0.15) is 31.2 Å². The van der Waals surface area contributed by atoms with E-state index in [1.165, 1.54) is 12.1 Å². The molecule has 106 valence electrons. The maximum atomic E-state index is 13.0. The van der Waals surface area contributed by atoms with Crippen molar-refractivity contribution in [3.63, 3.8) is 0 Å². The molecule has 2 nitrogen and oxygen atoms in total. The van der Waals surface area contributed by atoms with Gasteiger partial charge in [0.25, 0.3) is 0 Å². The number of hydrogen-bond acceptors (Lipinski definition) is 1. The molecule has 1 aliphatic carbocycles. The first-order chi connectivity index (χ1) is 9.47. The highest BCUT2D eigenvalue weighted by molar-refractivity contribution is 9.11. The summed E-state index contributed by atoms with van der Waals surface area (Å²) < 4.78 is 14.2. The van der Waals surface area contributed by atoms with Crippen molar-refractivity contribution in [3.05, 3.63) is 57.9 Å². The zero-order valence-electron chi connectivity index (χ0n) is 11.3. The highest BCUT2D eigenvalue weighted by Gasteiger charge is 2.23. The summed E-state index contributed by atoms with van der Waals surface area (Å²) in [5.74, 6) is -0.320. The molecule has 20 heavy (non-hydrogen) atoms. The molecule has 1 aromatic rings. The van der Waals surface area contributed by atoms with E-state index >= 15 is 0 Å². The minimum absolute atomic E-state index is 0.0765. The van der Waals surface area contributed by atoms with Crippen molar-refractivity contribution in [2.24, 2.45) is 11.7 Å². The molecule has 0 aliphatic heterocycles. The van der Waals surface area contributed by atoms with Crippen LogP contribution in [0.15, 0.2) is 46.5 Å². The SMILES string of the molecule is CC1CC([C@H](CC(N)=O)c2ccc(F)cc2)=CC=C1Br. The van der Waals surface area contributed by atoms with Crippen molar-refractivity contribution in [1.82, 2.24) is 0 Å². The summed E-state index contributed by atoms with van der Waals surface area (Å²) in [6.45, 7) is 2.12. The van der Waals surface area contributed by atoms with Crippen molar-refractivity contribution in [2.45, 2.75) is 25.7 Å². The summed E-state index contributed by atoms with van der Waals surface area (Å²) in [5, 5.41) is 0. The lowest BCUT2D eigenvalue weighted by atomic mass is 9.81. The molecule has 2 N–H and O–H groups in total. The predicted molar refractivity (Wildman–Crippen MR) is 81.8 cm³/mol. The van der Waals surface area contributed by atoms with Crippen LogP contribution in [0.25, 0.3) is 0 Å². The van der Waals surface area contributed by atoms with Gasteiger partial charge in [0.2, 0.25) is 5.91 Å². The third kappa shape index (κ3) is 3.57. The fraction of sp³-hybridized carbons (Fsp3) is 0.312. The van der Waals surface area contributed by atoms with Gasteiger partial charge >= 0.3 is 0 Å². The highest BCUT2D eigenvalue weighted by atomic mass is 79.9. The van der Waals surface area contributed by atoms with Crippen molar-refractivity contribution >= 4 is 21.8 Å². The lowest BCUT2D eigenvalue weighted by molar-refractivity contribution is -0.118. The molecule has 0 bridgehead atoms. The van der Waals surface area contributed by atoms with Gasteiger partial charge in [0, 0.05) is 12.3 Å². The minimum atomic E-state index is -0.346. The molecular formula is C16H17BrFNO. The van der Waals surface area contributed by atoms with Gasteiger partial charge in [-0.05, 0) is 34.5 Å². The third-order valence-electron chi connectivity index (χ3n) is 3.59. The number of hydrogen-bond donors (Lipinski definition) is 1. The van der Waals surface area contributed by atoms with Gasteiger partial charge in [-0.1, -0.05) is 52.7 Å². The number of nitrogens with two attached hydrogens (primary N) is 1. The average Bonchev–Trinajstić information content (AvgIpc) is 2.40. The molecule has 0 heterocycles. The Morgan fingerprint density at radius 3 is 2.60 bits per heavy atom. The zero-order chi connectivity index (χ0) is 14.7. The largest absolute Gasteiger partial charge is 0.370 e. The monoisotopic (exact) mass is 337 g/mol. The molecule has 0 aromatic heterocycles. The molecule has 2 atom stereocenters. The summed E-state index contributed by atoms with van der Waals surface area (Å²) in [7, 11) is 0. The number of rotatable bonds is 4. The summed E-state index contributed by atoms with van der Waals surface area (Å²) in [6, 6.07) is 6.29. The van der Waals surface area contributed by atoms with E-state index in [1.807, 2.05) is 12.2 Å². The number of amides is 1. The van der Waals surface area contributed by atoms with Crippen LogP contribution in [0.3, 0.4) is 0 Å². The van der Waals surface area contributed by atoms with Crippen molar-refractivity contribution in [1.29, 1.82) is 0 Å². The van der Waals surface area contributed by atoms with Crippen molar-refractivity contribution in [2.75, 3.05) is 0 Å². The van der Waals surface area contributed by atoms with Gasteiger partial charge in [0.1, 0.15) is 5.82 Å². The number of primary amides is 1. The zero-order valence-corrected chi connectivity index (χ0v) is 12.9. The van der Waals surface area contributed by atoms with Gasteiger partial charge in [0.15, 0.2) is 0 Å². The van der Waals surface area contributed by atoms with Crippen LogP contribution in [0.4, 0.5) is 4.39 Å². The summed E-state index contributed by atoms with van der Waals surface area (Å²) in [4.78, 5) is 11.3. The van der Waals surface area contributed by atoms with E-state index < -0.39 is 0 Å². The van der Waals surface area contributed by atoms with Crippen LogP contribution in [0.5, 0.6) is 0 Å². The molecule has 4 heteroatoms. The lowest BCUT2D eigenvalue weighted by Crippen LogP contribution is -2.18. The fourth-order valence-corrected chi connectivity index (χ4v) is 2.78. The van der Waals surface area contributed by atoms with Crippen LogP contribution in [-0.2, 0) is 4.79 Å². The van der Waals surface area contributed by atoms with E-state index in [-0.39, 0.29) is 24.1 Å². The molecule has 0 fully saturated rings. The van der Waals surface area contributed by atoms with Crippen LogP contribution in [-0.4, -0.2) is 5.91 Å². The number of allylic oxidation sites excluding steroid dienone is 4. The summed E-state index contributed by atoms with van der Waals surface area (Å²) in [5.41, 5.74) is 7.45. The van der Waals surface area contributed by atoms with Gasteiger partial charge in [-0.2, -0.15) is 0 Å². The molecule has 1 aliphatic rings. The smallest absolute Gasteiger partial charge is 0.218 e. The van der Waals surface area contributed by atoms with Gasteiger partial charge in [-0.15, -0.1) is 0 Å². The third-order valence-corrected chi connectivity index (χ3v) is 4.64. The second-order valence-electron chi connectivity index (χ2n) is 5.17. The molecule has 0 spiro atoms. The summed E-state index contributed by atoms with van der Waals surface area (Å²) >= 11 is 3.52. The first-order valence-electron chi connectivity index (χ1n) is 6.57. The van der Waals surface area contributed by atoms with Crippen LogP contribution in [0.2, 0.25) is 0 Å². The highest BCUT2D eigenvalue weighted by Crippen LogP contribution is 2.37. The molecule has 0 saturated heterocycles. The molecule has 0 radical (unpaired) electrons. The second-order valence-corrected chi connectivity index (χ2v) is 6.09. The van der Waals surface area contributed by atoms with E-state index in [0.717, 1.165) is 22.0 Å². The summed E-state index contributed by atoms with van der Waals surface area (Å²) in [6.07, 6.45) is 5.16. The molecule has 0 saturated carbocycles. The number of carbonyl (C=O) groups excluding carboxylic acids is 1. The number of benzene rings is 1. The molecule has 2 rings (SSSR count). The van der Waals surface area contributed by atoms with E-state index in [1.54, 1.807) is 12.1 Å². The number of halogens is 2. The molecule has 1 aromatic carbocycles. The molecular weight excluding hydrogens is 321 g/mol. The molecule has 1 unspecified atom stereocenters. The Morgan fingerprint density at radius 2 is 2.05 bits per heavy atom. The lowest BCUT2D eigenvalue weighted by Gasteiger charge is -2.25. The Kier molecular flexibility index (Phi) is 4.76. The van der Waals surface area contributed by atoms with Crippen LogP contribution >= 0.6 is 15.9 Å². The minimum Gasteiger partial charge on any atom is -0.370 e. The molecule has 1 amide bonds. The maximum absolute atomic E-state index is 13.0. The quantitative estimate of drug-likeness (QED) is 0.885. The Morgan fingerprint density at radius 1 is 1.40 bits per heavy atom. The first kappa shape index (κ1) is 15.0. The van der Waals surface area contributed by atoms with Crippen molar-refractivity contribution in [3.8, 4) is 0 Å².